The van der Waals surface area contributed by atoms with E-state index in [-0.39, 0.29) is 23.0 Å². The molecular weight excluding hydrogens is 904 g/mol. The van der Waals surface area contributed by atoms with Crippen molar-refractivity contribution in [3.8, 4) is 39.1 Å². The highest BCUT2D eigenvalue weighted by Gasteiger charge is 2.43. The first-order chi connectivity index (χ1) is 36.1. The van der Waals surface area contributed by atoms with Crippen molar-refractivity contribution in [1.29, 1.82) is 0 Å². The molecule has 2 nitrogen and oxygen atoms in total. The SMILES string of the molecule is CC(C)(C)c1cc(-c2ccc3c(c2)B2c4ccc(C(C)(C)C)cc4-n4c5ccccc5c5ccccc5c5ccccc5c5ccc(c2c54)N3c2c(-c3ccccc3)cccc2-c2ccccc2)cc(C(C)(C)C)c1. The lowest BCUT2D eigenvalue weighted by atomic mass is 9.33. The fourth-order valence-electron chi connectivity index (χ4n) is 12.3. The number of nitrogens with zero attached hydrogens (tertiary/aromatic N) is 2. The summed E-state index contributed by atoms with van der Waals surface area (Å²) in [5, 5.41) is 7.35. The zero-order valence-corrected chi connectivity index (χ0v) is 44.8. The number of fused-ring (bicyclic) bond motifs is 12. The molecule has 3 heterocycles. The Bertz CT molecular complexity index is 4090. The quantitative estimate of drug-likeness (QED) is 0.160. The monoisotopic (exact) mass is 967 g/mol. The van der Waals surface area contributed by atoms with E-state index >= 15 is 0 Å². The third kappa shape index (κ3) is 7.61. The number of para-hydroxylation sites is 2. The van der Waals surface area contributed by atoms with Crippen LogP contribution >= 0.6 is 0 Å². The second-order valence-corrected chi connectivity index (χ2v) is 24.1. The Morgan fingerprint density at radius 1 is 0.320 bits per heavy atom. The Labute approximate surface area is 443 Å². The Balaban J connectivity index is 1.27. The van der Waals surface area contributed by atoms with Crippen LogP contribution in [0.25, 0.3) is 82.4 Å². The Hall–Kier alpha value is -8.14. The van der Waals surface area contributed by atoms with Gasteiger partial charge in [0.25, 0.3) is 6.71 Å². The molecule has 0 fully saturated rings. The van der Waals surface area contributed by atoms with Gasteiger partial charge in [-0.15, -0.1) is 0 Å². The third-order valence-electron chi connectivity index (χ3n) is 16.3. The first kappa shape index (κ1) is 46.6. The van der Waals surface area contributed by atoms with E-state index in [1.807, 2.05) is 0 Å². The van der Waals surface area contributed by atoms with Crippen molar-refractivity contribution in [2.45, 2.75) is 78.6 Å². The van der Waals surface area contributed by atoms with Gasteiger partial charge in [-0.3, -0.25) is 0 Å². The molecule has 0 N–H and O–H groups in total. The molecule has 0 amide bonds. The van der Waals surface area contributed by atoms with Gasteiger partial charge in [-0.2, -0.15) is 0 Å². The van der Waals surface area contributed by atoms with Crippen molar-refractivity contribution in [1.82, 2.24) is 4.57 Å². The number of anilines is 3. The number of hydrogen-bond acceptors (Lipinski definition) is 1. The highest BCUT2D eigenvalue weighted by Crippen LogP contribution is 2.50. The lowest BCUT2D eigenvalue weighted by Crippen LogP contribution is -2.60. The average Bonchev–Trinajstić information content (AvgIpc) is 3.50. The van der Waals surface area contributed by atoms with Gasteiger partial charge in [0.15, 0.2) is 0 Å². The van der Waals surface area contributed by atoms with Crippen LogP contribution in [-0.4, -0.2) is 11.3 Å². The van der Waals surface area contributed by atoms with Crippen molar-refractivity contribution >= 4 is 83.5 Å². The van der Waals surface area contributed by atoms with Gasteiger partial charge < -0.3 is 9.47 Å². The molecule has 0 atom stereocenters. The molecule has 0 unspecified atom stereocenters. The lowest BCUT2D eigenvalue weighted by molar-refractivity contribution is 0.569. The minimum Gasteiger partial charge on any atom is -0.310 e. The Kier molecular flexibility index (Phi) is 10.7. The molecule has 10 aromatic carbocycles. The molecule has 0 aliphatic carbocycles. The van der Waals surface area contributed by atoms with Crippen LogP contribution in [0.1, 0.15) is 79.0 Å². The van der Waals surface area contributed by atoms with Crippen molar-refractivity contribution < 1.29 is 0 Å². The van der Waals surface area contributed by atoms with E-state index in [2.05, 4.69) is 290 Å². The topological polar surface area (TPSA) is 8.17 Å². The minimum atomic E-state index is -0.110. The summed E-state index contributed by atoms with van der Waals surface area (Å²) >= 11 is 0. The highest BCUT2D eigenvalue weighted by atomic mass is 15.2. The summed E-state index contributed by atoms with van der Waals surface area (Å²) in [5.74, 6) is 0. The zero-order chi connectivity index (χ0) is 51.5. The summed E-state index contributed by atoms with van der Waals surface area (Å²) in [7, 11) is 0. The number of hydrogen-bond donors (Lipinski definition) is 0. The summed E-state index contributed by atoms with van der Waals surface area (Å²) in [4.78, 5) is 2.65. The van der Waals surface area contributed by atoms with Crippen molar-refractivity contribution in [3.05, 3.63) is 235 Å². The predicted octanol–water partition coefficient (Wildman–Crippen LogP) is 17.7. The molecule has 2 aliphatic rings. The second kappa shape index (κ2) is 17.2. The standard InChI is InChI=1S/C72H63BN2/c1-70(2,3)50-36-38-61-66(45-50)74-63-34-21-20-31-59(63)57-29-18-16-27-55(57)56-28-17-19-30-58(56)60-37-40-65-67(69(60)74)73(61)62-43-48(49-41-51(71(4,5)6)44-52(42-49)72(7,8)9)35-39-64(62)75(65)68-53(46-23-12-10-13-24-46)32-22-33-54(68)47-25-14-11-15-26-47/h10-45H,1-9H3. The first-order valence-corrected chi connectivity index (χ1v) is 26.9. The van der Waals surface area contributed by atoms with Crippen molar-refractivity contribution in [3.63, 3.8) is 0 Å². The molecule has 0 bridgehead atoms. The van der Waals surface area contributed by atoms with Crippen LogP contribution in [-0.2, 0) is 16.2 Å². The van der Waals surface area contributed by atoms with Crippen LogP contribution in [0.2, 0.25) is 0 Å². The molecule has 1 aromatic heterocycles. The van der Waals surface area contributed by atoms with E-state index < -0.39 is 0 Å². The van der Waals surface area contributed by atoms with Gasteiger partial charge in [0, 0.05) is 39.0 Å². The van der Waals surface area contributed by atoms with Gasteiger partial charge in [0.2, 0.25) is 0 Å². The Morgan fingerprint density at radius 2 is 0.827 bits per heavy atom. The van der Waals surface area contributed by atoms with Gasteiger partial charge >= 0.3 is 0 Å². The zero-order valence-electron chi connectivity index (χ0n) is 44.8. The number of rotatable bonds is 4. The first-order valence-electron chi connectivity index (χ1n) is 26.9. The number of benzene rings is 10. The maximum absolute atomic E-state index is 2.67. The van der Waals surface area contributed by atoms with Crippen LogP contribution in [0.15, 0.2) is 218 Å². The molecule has 11 aromatic rings. The van der Waals surface area contributed by atoms with Crippen LogP contribution in [0.4, 0.5) is 17.1 Å². The minimum absolute atomic E-state index is 0.0350. The largest absolute Gasteiger partial charge is 0.310 e. The van der Waals surface area contributed by atoms with Crippen LogP contribution in [0, 0.1) is 0 Å². The average molecular weight is 967 g/mol. The summed E-state index contributed by atoms with van der Waals surface area (Å²) < 4.78 is 2.67. The van der Waals surface area contributed by atoms with Crippen LogP contribution in [0.5, 0.6) is 0 Å². The van der Waals surface area contributed by atoms with Crippen LogP contribution in [0.3, 0.4) is 0 Å². The fourth-order valence-corrected chi connectivity index (χ4v) is 12.3. The molecule has 2 aliphatic heterocycles. The van der Waals surface area contributed by atoms with Gasteiger partial charge in [-0.05, 0) is 117 Å². The Morgan fingerprint density at radius 3 is 1.40 bits per heavy atom. The predicted molar refractivity (Wildman–Crippen MR) is 325 cm³/mol. The summed E-state index contributed by atoms with van der Waals surface area (Å²) in [6.07, 6.45) is 0. The maximum Gasteiger partial charge on any atom is 0.252 e. The molecule has 0 saturated carbocycles. The third-order valence-corrected chi connectivity index (χ3v) is 16.3. The van der Waals surface area contributed by atoms with Gasteiger partial charge in [-0.1, -0.05) is 256 Å². The summed E-state index contributed by atoms with van der Waals surface area (Å²) in [6, 6.07) is 83.3. The second-order valence-electron chi connectivity index (χ2n) is 24.1. The van der Waals surface area contributed by atoms with Gasteiger partial charge in [-0.25, -0.2) is 0 Å². The number of aromatic nitrogens is 1. The molecule has 0 radical (unpaired) electrons. The molecular formula is C72H63BN2. The van der Waals surface area contributed by atoms with Gasteiger partial charge in [0.05, 0.1) is 16.7 Å². The maximum atomic E-state index is 2.67. The summed E-state index contributed by atoms with van der Waals surface area (Å²) in [6.45, 7) is 21.0. The molecule has 364 valence electrons. The van der Waals surface area contributed by atoms with E-state index in [4.69, 9.17) is 0 Å². The molecule has 0 spiro atoms. The van der Waals surface area contributed by atoms with E-state index in [9.17, 15) is 0 Å². The molecule has 75 heavy (non-hydrogen) atoms. The van der Waals surface area contributed by atoms with E-state index in [0.717, 1.165) is 0 Å². The smallest absolute Gasteiger partial charge is 0.252 e. The van der Waals surface area contributed by atoms with Crippen molar-refractivity contribution in [2.24, 2.45) is 0 Å². The van der Waals surface area contributed by atoms with Crippen LogP contribution < -0.4 is 21.3 Å². The van der Waals surface area contributed by atoms with E-state index in [1.54, 1.807) is 0 Å². The fraction of sp³-hybridized carbons (Fsp3) is 0.167. The van der Waals surface area contributed by atoms with E-state index in [1.165, 1.54) is 133 Å². The van der Waals surface area contributed by atoms with Crippen molar-refractivity contribution in [2.75, 3.05) is 4.90 Å². The molecule has 3 heteroatoms. The molecule has 13 rings (SSSR count). The van der Waals surface area contributed by atoms with Gasteiger partial charge in [0.1, 0.15) is 0 Å². The lowest BCUT2D eigenvalue weighted by Gasteiger charge is -2.42. The normalized spacial score (nSPS) is 13.1. The molecule has 0 saturated heterocycles. The summed E-state index contributed by atoms with van der Waals surface area (Å²) in [5.41, 5.74) is 22.1. The highest BCUT2D eigenvalue weighted by molar-refractivity contribution is 7.00. The van der Waals surface area contributed by atoms with E-state index in [0.29, 0.717) is 0 Å².